The number of hydroxylamine groups is 2. The smallest absolute Gasteiger partial charge is 0.217 e. The van der Waals surface area contributed by atoms with E-state index in [9.17, 15) is 0 Å². The zero-order valence-corrected chi connectivity index (χ0v) is 11.5. The number of benzene rings is 2. The second-order valence-corrected chi connectivity index (χ2v) is 6.29. The third-order valence-electron chi connectivity index (χ3n) is 3.96. The van der Waals surface area contributed by atoms with Crippen LogP contribution >= 0.6 is 0 Å². The van der Waals surface area contributed by atoms with Gasteiger partial charge in [-0.3, -0.25) is 4.84 Å². The van der Waals surface area contributed by atoms with E-state index in [4.69, 9.17) is 4.84 Å². The topological polar surface area (TPSA) is 15.5 Å². The third-order valence-corrected chi connectivity index (χ3v) is 3.96. The lowest BCUT2D eigenvalue weighted by Gasteiger charge is -2.20. The van der Waals surface area contributed by atoms with Crippen molar-refractivity contribution in [2.75, 3.05) is 0 Å². The molecule has 1 aliphatic heterocycles. The number of rotatable bonds is 0. The molecule has 1 spiro atoms. The minimum absolute atomic E-state index is 0.00936. The Balaban J connectivity index is 1.99. The molecule has 1 fully saturated rings. The van der Waals surface area contributed by atoms with Crippen molar-refractivity contribution >= 4 is 0 Å². The first kappa shape index (κ1) is 11.2. The van der Waals surface area contributed by atoms with E-state index in [1.807, 2.05) is 0 Å². The van der Waals surface area contributed by atoms with Crippen molar-refractivity contribution < 1.29 is 4.84 Å². The van der Waals surface area contributed by atoms with Crippen LogP contribution < -0.4 is 0 Å². The molecule has 4 rings (SSSR count). The van der Waals surface area contributed by atoms with E-state index in [0.717, 1.165) is 0 Å². The van der Waals surface area contributed by atoms with Crippen LogP contribution in [-0.4, -0.2) is 10.6 Å². The van der Waals surface area contributed by atoms with Gasteiger partial charge in [0.2, 0.25) is 5.72 Å². The van der Waals surface area contributed by atoms with Crippen molar-refractivity contribution in [3.8, 4) is 11.1 Å². The molecule has 1 saturated heterocycles. The molecule has 2 aromatic carbocycles. The monoisotopic (exact) mass is 251 g/mol. The van der Waals surface area contributed by atoms with Gasteiger partial charge in [0, 0.05) is 16.7 Å². The van der Waals surface area contributed by atoms with E-state index in [1.165, 1.54) is 22.3 Å². The van der Waals surface area contributed by atoms with Gasteiger partial charge in [0.05, 0.1) is 0 Å². The molecule has 0 saturated carbocycles. The average Bonchev–Trinajstić information content (AvgIpc) is 3.09. The van der Waals surface area contributed by atoms with Gasteiger partial charge in [-0.05, 0) is 31.9 Å². The van der Waals surface area contributed by atoms with Gasteiger partial charge in [-0.2, -0.15) is 0 Å². The molecule has 1 atom stereocenters. The van der Waals surface area contributed by atoms with Gasteiger partial charge in [-0.1, -0.05) is 48.5 Å². The molecule has 96 valence electrons. The van der Waals surface area contributed by atoms with Crippen LogP contribution in [0.3, 0.4) is 0 Å². The Labute approximate surface area is 113 Å². The van der Waals surface area contributed by atoms with Crippen molar-refractivity contribution in [1.82, 2.24) is 5.06 Å². The Morgan fingerprint density at radius 1 is 0.842 bits per heavy atom. The molecule has 1 aliphatic carbocycles. The zero-order valence-electron chi connectivity index (χ0n) is 11.5. The van der Waals surface area contributed by atoms with E-state index >= 15 is 0 Å². The largest absolute Gasteiger partial charge is 0.260 e. The Morgan fingerprint density at radius 2 is 1.32 bits per heavy atom. The maximum atomic E-state index is 6.12. The normalized spacial score (nSPS) is 22.2. The molecule has 19 heavy (non-hydrogen) atoms. The minimum atomic E-state index is -0.356. The van der Waals surface area contributed by atoms with Gasteiger partial charge in [0.1, 0.15) is 0 Å². The molecule has 1 unspecified atom stereocenters. The standard InChI is InChI=1S/C17H17NO/c1-16(2,3)18-17(19-18)14-10-6-4-8-12(14)13-9-5-7-11-15(13)17/h4-11H,1-3H3. The Bertz CT molecular complexity index is 623. The first-order chi connectivity index (χ1) is 9.05. The molecule has 0 aromatic heterocycles. The molecular weight excluding hydrogens is 234 g/mol. The summed E-state index contributed by atoms with van der Waals surface area (Å²) in [4.78, 5) is 6.12. The fourth-order valence-electron chi connectivity index (χ4n) is 3.21. The van der Waals surface area contributed by atoms with Crippen LogP contribution in [0.5, 0.6) is 0 Å². The molecule has 2 nitrogen and oxygen atoms in total. The van der Waals surface area contributed by atoms with Gasteiger partial charge in [-0.15, -0.1) is 5.06 Å². The van der Waals surface area contributed by atoms with Crippen molar-refractivity contribution in [1.29, 1.82) is 0 Å². The second-order valence-electron chi connectivity index (χ2n) is 6.29. The maximum Gasteiger partial charge on any atom is 0.217 e. The summed E-state index contributed by atoms with van der Waals surface area (Å²) >= 11 is 0. The third kappa shape index (κ3) is 1.28. The van der Waals surface area contributed by atoms with E-state index in [-0.39, 0.29) is 11.3 Å². The predicted octanol–water partition coefficient (Wildman–Crippen LogP) is 3.91. The lowest BCUT2D eigenvalue weighted by molar-refractivity contribution is 0.101. The fraction of sp³-hybridized carbons (Fsp3) is 0.294. The molecule has 2 aromatic rings. The van der Waals surface area contributed by atoms with Gasteiger partial charge >= 0.3 is 0 Å². The summed E-state index contributed by atoms with van der Waals surface area (Å²) in [7, 11) is 0. The van der Waals surface area contributed by atoms with Crippen LogP contribution in [0.15, 0.2) is 48.5 Å². The van der Waals surface area contributed by atoms with Gasteiger partial charge in [-0.25, -0.2) is 0 Å². The zero-order chi connectivity index (χ0) is 13.3. The van der Waals surface area contributed by atoms with Crippen LogP contribution in [0, 0.1) is 0 Å². The van der Waals surface area contributed by atoms with Crippen molar-refractivity contribution in [2.45, 2.75) is 32.0 Å². The summed E-state index contributed by atoms with van der Waals surface area (Å²) in [6, 6.07) is 17.1. The van der Waals surface area contributed by atoms with Crippen molar-refractivity contribution in [3.05, 3.63) is 59.7 Å². The second kappa shape index (κ2) is 3.27. The number of hydrogen-bond acceptors (Lipinski definition) is 2. The van der Waals surface area contributed by atoms with Crippen LogP contribution in [0.25, 0.3) is 11.1 Å². The summed E-state index contributed by atoms with van der Waals surface area (Å²) in [5.41, 5.74) is 4.77. The highest BCUT2D eigenvalue weighted by molar-refractivity contribution is 5.80. The van der Waals surface area contributed by atoms with Crippen LogP contribution in [-0.2, 0) is 10.6 Å². The lowest BCUT2D eigenvalue weighted by Crippen LogP contribution is -2.31. The lowest BCUT2D eigenvalue weighted by atomic mass is 9.99. The SMILES string of the molecule is CC(C)(C)N1OC12c1ccccc1-c1ccccc12. The summed E-state index contributed by atoms with van der Waals surface area (Å²) in [5, 5.41) is 2.12. The van der Waals surface area contributed by atoms with E-state index < -0.39 is 0 Å². The number of nitrogens with zero attached hydrogens (tertiary/aromatic N) is 1. The van der Waals surface area contributed by atoms with Crippen molar-refractivity contribution in [2.24, 2.45) is 0 Å². The maximum absolute atomic E-state index is 6.12. The highest BCUT2D eigenvalue weighted by Crippen LogP contribution is 2.62. The van der Waals surface area contributed by atoms with E-state index in [2.05, 4.69) is 74.4 Å². The van der Waals surface area contributed by atoms with E-state index in [0.29, 0.717) is 0 Å². The molecule has 2 aliphatic rings. The molecule has 0 amide bonds. The quantitative estimate of drug-likeness (QED) is 0.660. The Morgan fingerprint density at radius 3 is 1.74 bits per heavy atom. The summed E-state index contributed by atoms with van der Waals surface area (Å²) < 4.78 is 0. The molecule has 1 heterocycles. The molecular formula is C17H17NO. The minimum Gasteiger partial charge on any atom is -0.260 e. The summed E-state index contributed by atoms with van der Waals surface area (Å²) in [6.07, 6.45) is 0. The average molecular weight is 251 g/mol. The first-order valence-electron chi connectivity index (χ1n) is 6.74. The number of hydrogen-bond donors (Lipinski definition) is 0. The Kier molecular flexibility index (Phi) is 1.93. The first-order valence-corrected chi connectivity index (χ1v) is 6.74. The number of fused-ring (bicyclic) bond motifs is 5. The Hall–Kier alpha value is -1.64. The van der Waals surface area contributed by atoms with Gasteiger partial charge in [0.15, 0.2) is 0 Å². The molecule has 2 heteroatoms. The van der Waals surface area contributed by atoms with Gasteiger partial charge < -0.3 is 0 Å². The van der Waals surface area contributed by atoms with E-state index in [1.54, 1.807) is 0 Å². The fourth-order valence-corrected chi connectivity index (χ4v) is 3.21. The predicted molar refractivity (Wildman–Crippen MR) is 75.3 cm³/mol. The molecule has 0 N–H and O–H groups in total. The van der Waals surface area contributed by atoms with Gasteiger partial charge in [0.25, 0.3) is 0 Å². The highest BCUT2D eigenvalue weighted by atomic mass is 16.9. The van der Waals surface area contributed by atoms with Crippen LogP contribution in [0.2, 0.25) is 0 Å². The van der Waals surface area contributed by atoms with Crippen LogP contribution in [0.4, 0.5) is 0 Å². The van der Waals surface area contributed by atoms with Crippen LogP contribution in [0.1, 0.15) is 31.9 Å². The summed E-state index contributed by atoms with van der Waals surface area (Å²) in [5.74, 6) is 0. The van der Waals surface area contributed by atoms with Crippen molar-refractivity contribution in [3.63, 3.8) is 0 Å². The molecule has 0 bridgehead atoms. The summed E-state index contributed by atoms with van der Waals surface area (Å²) in [6.45, 7) is 6.56. The highest BCUT2D eigenvalue weighted by Gasteiger charge is 2.66. The molecule has 0 radical (unpaired) electrons.